The van der Waals surface area contributed by atoms with E-state index in [1.54, 1.807) is 19.2 Å². The summed E-state index contributed by atoms with van der Waals surface area (Å²) in [7, 11) is 1.63. The Bertz CT molecular complexity index is 368. The lowest BCUT2D eigenvalue weighted by atomic mass is 9.69. The summed E-state index contributed by atoms with van der Waals surface area (Å²) < 4.78 is 38.7. The highest BCUT2D eigenvalue weighted by Crippen LogP contribution is 2.51. The van der Waals surface area contributed by atoms with Crippen LogP contribution in [0.1, 0.15) is 18.4 Å². The first-order valence-electron chi connectivity index (χ1n) is 4.80. The molecule has 1 aliphatic carbocycles. The Morgan fingerprint density at radius 2 is 1.93 bits per heavy atom. The van der Waals surface area contributed by atoms with Crippen molar-refractivity contribution in [3.8, 4) is 0 Å². The summed E-state index contributed by atoms with van der Waals surface area (Å²) in [5.41, 5.74) is -0.165. The van der Waals surface area contributed by atoms with Crippen molar-refractivity contribution < 1.29 is 13.2 Å². The number of nitrogens with one attached hydrogen (secondary N) is 1. The third kappa shape index (κ3) is 1.74. The topological polar surface area (TPSA) is 12.0 Å². The summed E-state index contributed by atoms with van der Waals surface area (Å²) in [5, 5.41) is 2.87. The maximum absolute atomic E-state index is 13.0. The summed E-state index contributed by atoms with van der Waals surface area (Å²) in [6.45, 7) is 0. The summed E-state index contributed by atoms with van der Waals surface area (Å²) in [5.74, 6) is -3.02. The Labute approximate surface area is 86.3 Å². The van der Waals surface area contributed by atoms with Gasteiger partial charge in [0.15, 0.2) is 0 Å². The second-order valence-electron chi connectivity index (χ2n) is 4.05. The third-order valence-corrected chi connectivity index (χ3v) is 2.98. The molecule has 0 aliphatic heterocycles. The van der Waals surface area contributed by atoms with E-state index in [-0.39, 0.29) is 12.8 Å². The molecule has 82 valence electrons. The molecular formula is C11H12F3N. The van der Waals surface area contributed by atoms with Crippen molar-refractivity contribution in [1.82, 2.24) is 5.32 Å². The number of alkyl halides is 2. The fraction of sp³-hybridized carbons (Fsp3) is 0.455. The minimum atomic E-state index is -2.63. The van der Waals surface area contributed by atoms with Crippen LogP contribution >= 0.6 is 0 Å². The van der Waals surface area contributed by atoms with Crippen molar-refractivity contribution in [3.63, 3.8) is 0 Å². The van der Waals surface area contributed by atoms with Crippen LogP contribution in [0.3, 0.4) is 0 Å². The number of hydrogen-bond donors (Lipinski definition) is 1. The zero-order valence-corrected chi connectivity index (χ0v) is 8.36. The molecular weight excluding hydrogens is 203 g/mol. The average molecular weight is 215 g/mol. The molecule has 1 N–H and O–H groups in total. The van der Waals surface area contributed by atoms with Gasteiger partial charge in [-0.25, -0.2) is 13.2 Å². The highest BCUT2D eigenvalue weighted by molar-refractivity contribution is 5.29. The van der Waals surface area contributed by atoms with E-state index in [4.69, 9.17) is 0 Å². The Morgan fingerprint density at radius 3 is 2.40 bits per heavy atom. The van der Waals surface area contributed by atoms with Crippen LogP contribution in [0.25, 0.3) is 0 Å². The van der Waals surface area contributed by atoms with Gasteiger partial charge < -0.3 is 5.32 Å². The summed E-state index contributed by atoms with van der Waals surface area (Å²) in [4.78, 5) is 0. The van der Waals surface area contributed by atoms with Crippen LogP contribution in [-0.4, -0.2) is 13.0 Å². The minimum absolute atomic E-state index is 0.264. The monoisotopic (exact) mass is 215 g/mol. The van der Waals surface area contributed by atoms with Crippen molar-refractivity contribution in [2.75, 3.05) is 7.05 Å². The molecule has 1 saturated carbocycles. The van der Waals surface area contributed by atoms with Crippen LogP contribution in [0, 0.1) is 5.82 Å². The molecule has 4 heteroatoms. The maximum atomic E-state index is 13.0. The Morgan fingerprint density at radius 1 is 1.27 bits per heavy atom. The first-order chi connectivity index (χ1) is 6.97. The van der Waals surface area contributed by atoms with E-state index >= 15 is 0 Å². The fourth-order valence-electron chi connectivity index (χ4n) is 2.14. The standard InChI is InChI=1S/C11H12F3N/c1-15-10(6-11(13,14)7-10)8-3-2-4-9(12)5-8/h2-5,15H,6-7H2,1H3. The predicted molar refractivity (Wildman–Crippen MR) is 51.3 cm³/mol. The van der Waals surface area contributed by atoms with Crippen LogP contribution in [0.15, 0.2) is 24.3 Å². The molecule has 15 heavy (non-hydrogen) atoms. The molecule has 1 fully saturated rings. The molecule has 0 atom stereocenters. The Kier molecular flexibility index (Phi) is 2.26. The lowest BCUT2D eigenvalue weighted by molar-refractivity contribution is -0.135. The molecule has 1 nitrogen and oxygen atoms in total. The first kappa shape index (κ1) is 10.5. The lowest BCUT2D eigenvalue weighted by Crippen LogP contribution is -2.57. The van der Waals surface area contributed by atoms with E-state index in [9.17, 15) is 13.2 Å². The second kappa shape index (κ2) is 3.23. The Balaban J connectivity index is 2.29. The summed E-state index contributed by atoms with van der Waals surface area (Å²) in [6, 6.07) is 5.84. The zero-order chi connectivity index (χ0) is 11.1. The second-order valence-corrected chi connectivity index (χ2v) is 4.05. The smallest absolute Gasteiger partial charge is 0.252 e. The predicted octanol–water partition coefficient (Wildman–Crippen LogP) is 2.67. The van der Waals surface area contributed by atoms with E-state index in [1.165, 1.54) is 12.1 Å². The highest BCUT2D eigenvalue weighted by atomic mass is 19.3. The van der Waals surface area contributed by atoms with Gasteiger partial charge in [0.05, 0.1) is 5.54 Å². The molecule has 0 spiro atoms. The highest BCUT2D eigenvalue weighted by Gasteiger charge is 2.56. The quantitative estimate of drug-likeness (QED) is 0.799. The van der Waals surface area contributed by atoms with E-state index in [0.717, 1.165) is 0 Å². The average Bonchev–Trinajstić information content (AvgIpc) is 2.13. The van der Waals surface area contributed by atoms with Gasteiger partial charge in [-0.3, -0.25) is 0 Å². The van der Waals surface area contributed by atoms with E-state index in [0.29, 0.717) is 5.56 Å². The third-order valence-electron chi connectivity index (χ3n) is 2.98. The fourth-order valence-corrected chi connectivity index (χ4v) is 2.14. The van der Waals surface area contributed by atoms with Gasteiger partial charge in [0.2, 0.25) is 0 Å². The normalized spacial score (nSPS) is 22.1. The van der Waals surface area contributed by atoms with E-state index in [2.05, 4.69) is 5.32 Å². The van der Waals surface area contributed by atoms with Crippen molar-refractivity contribution in [1.29, 1.82) is 0 Å². The van der Waals surface area contributed by atoms with Gasteiger partial charge in [-0.05, 0) is 24.7 Å². The Hall–Kier alpha value is -1.03. The van der Waals surface area contributed by atoms with Crippen molar-refractivity contribution in [2.45, 2.75) is 24.3 Å². The van der Waals surface area contributed by atoms with Crippen LogP contribution in [0.2, 0.25) is 0 Å². The minimum Gasteiger partial charge on any atom is -0.310 e. The van der Waals surface area contributed by atoms with Crippen LogP contribution in [0.4, 0.5) is 13.2 Å². The summed E-state index contributed by atoms with van der Waals surface area (Å²) >= 11 is 0. The van der Waals surface area contributed by atoms with Crippen LogP contribution in [0.5, 0.6) is 0 Å². The molecule has 1 aromatic carbocycles. The van der Waals surface area contributed by atoms with Crippen molar-refractivity contribution in [3.05, 3.63) is 35.6 Å². The van der Waals surface area contributed by atoms with E-state index < -0.39 is 17.3 Å². The molecule has 0 amide bonds. The molecule has 0 radical (unpaired) electrons. The SMILES string of the molecule is CNC1(c2cccc(F)c2)CC(F)(F)C1. The summed E-state index contributed by atoms with van der Waals surface area (Å²) in [6.07, 6.45) is -0.528. The van der Waals surface area contributed by atoms with Gasteiger partial charge in [0.1, 0.15) is 5.82 Å². The first-order valence-corrected chi connectivity index (χ1v) is 4.80. The van der Waals surface area contributed by atoms with Crippen LogP contribution < -0.4 is 5.32 Å². The number of benzene rings is 1. The molecule has 0 bridgehead atoms. The largest absolute Gasteiger partial charge is 0.310 e. The molecule has 0 heterocycles. The number of hydrogen-bond acceptors (Lipinski definition) is 1. The van der Waals surface area contributed by atoms with Gasteiger partial charge in [0.25, 0.3) is 5.92 Å². The molecule has 1 aromatic rings. The molecule has 0 aromatic heterocycles. The number of rotatable bonds is 2. The van der Waals surface area contributed by atoms with Gasteiger partial charge in [-0.1, -0.05) is 12.1 Å². The zero-order valence-electron chi connectivity index (χ0n) is 8.36. The molecule has 0 saturated heterocycles. The van der Waals surface area contributed by atoms with E-state index in [1.807, 2.05) is 0 Å². The maximum Gasteiger partial charge on any atom is 0.252 e. The van der Waals surface area contributed by atoms with Crippen molar-refractivity contribution in [2.24, 2.45) is 0 Å². The van der Waals surface area contributed by atoms with Gasteiger partial charge in [0, 0.05) is 12.8 Å². The van der Waals surface area contributed by atoms with Crippen LogP contribution in [-0.2, 0) is 5.54 Å². The van der Waals surface area contributed by atoms with Crippen molar-refractivity contribution >= 4 is 0 Å². The lowest BCUT2D eigenvalue weighted by Gasteiger charge is -2.47. The molecule has 1 aliphatic rings. The van der Waals surface area contributed by atoms with Gasteiger partial charge >= 0.3 is 0 Å². The number of halogens is 3. The molecule has 2 rings (SSSR count). The molecule has 0 unspecified atom stereocenters. The van der Waals surface area contributed by atoms with Gasteiger partial charge in [-0.2, -0.15) is 0 Å². The van der Waals surface area contributed by atoms with Gasteiger partial charge in [-0.15, -0.1) is 0 Å².